The van der Waals surface area contributed by atoms with E-state index in [4.69, 9.17) is 0 Å². The van der Waals surface area contributed by atoms with Gasteiger partial charge in [-0.3, -0.25) is 9.59 Å². The lowest BCUT2D eigenvalue weighted by Gasteiger charge is -2.18. The van der Waals surface area contributed by atoms with E-state index in [0.29, 0.717) is 11.5 Å². The fourth-order valence-corrected chi connectivity index (χ4v) is 2.72. The molecule has 0 saturated heterocycles. The number of carbonyl (C=O) groups excluding carboxylic acids is 2. The molecule has 1 N–H and O–H groups in total. The zero-order chi connectivity index (χ0) is 13.8. The van der Waals surface area contributed by atoms with Crippen molar-refractivity contribution in [2.45, 2.75) is 39.5 Å². The molecule has 1 fully saturated rings. The van der Waals surface area contributed by atoms with Crippen LogP contribution in [0.1, 0.15) is 49.9 Å². The van der Waals surface area contributed by atoms with Crippen molar-refractivity contribution >= 4 is 17.4 Å². The highest BCUT2D eigenvalue weighted by Crippen LogP contribution is 2.31. The Hall–Kier alpha value is -1.64. The SMILES string of the molecule is CC(=O)c1ccc(NC(=O)C(C)C2CCCC2)cc1. The van der Waals surface area contributed by atoms with Crippen molar-refractivity contribution in [2.24, 2.45) is 11.8 Å². The summed E-state index contributed by atoms with van der Waals surface area (Å²) in [6.45, 7) is 3.55. The van der Waals surface area contributed by atoms with Gasteiger partial charge in [-0.05, 0) is 49.9 Å². The van der Waals surface area contributed by atoms with E-state index in [1.807, 2.05) is 6.92 Å². The van der Waals surface area contributed by atoms with Gasteiger partial charge in [-0.25, -0.2) is 0 Å². The number of hydrogen-bond acceptors (Lipinski definition) is 2. The molecule has 3 heteroatoms. The van der Waals surface area contributed by atoms with Crippen LogP contribution in [0.2, 0.25) is 0 Å². The quantitative estimate of drug-likeness (QED) is 0.839. The largest absolute Gasteiger partial charge is 0.326 e. The van der Waals surface area contributed by atoms with Gasteiger partial charge in [0, 0.05) is 17.2 Å². The van der Waals surface area contributed by atoms with Crippen molar-refractivity contribution in [3.63, 3.8) is 0 Å². The lowest BCUT2D eigenvalue weighted by Crippen LogP contribution is -2.25. The Bertz CT molecular complexity index is 458. The summed E-state index contributed by atoms with van der Waals surface area (Å²) in [4.78, 5) is 23.3. The third kappa shape index (κ3) is 3.43. The Morgan fingerprint density at radius 1 is 1.16 bits per heavy atom. The van der Waals surface area contributed by atoms with E-state index < -0.39 is 0 Å². The van der Waals surface area contributed by atoms with Crippen molar-refractivity contribution in [3.8, 4) is 0 Å². The van der Waals surface area contributed by atoms with E-state index in [0.717, 1.165) is 18.5 Å². The van der Waals surface area contributed by atoms with Crippen LogP contribution in [0, 0.1) is 11.8 Å². The van der Waals surface area contributed by atoms with Gasteiger partial charge in [0.2, 0.25) is 5.91 Å². The average Bonchev–Trinajstić information content (AvgIpc) is 2.92. The molecule has 2 rings (SSSR count). The van der Waals surface area contributed by atoms with Gasteiger partial charge in [0.05, 0.1) is 0 Å². The van der Waals surface area contributed by atoms with E-state index in [2.05, 4.69) is 5.32 Å². The third-order valence-electron chi connectivity index (χ3n) is 4.08. The number of hydrogen-bond donors (Lipinski definition) is 1. The van der Waals surface area contributed by atoms with E-state index in [9.17, 15) is 9.59 Å². The highest BCUT2D eigenvalue weighted by atomic mass is 16.2. The van der Waals surface area contributed by atoms with Gasteiger partial charge >= 0.3 is 0 Å². The molecule has 1 unspecified atom stereocenters. The molecule has 0 bridgehead atoms. The summed E-state index contributed by atoms with van der Waals surface area (Å²) in [7, 11) is 0. The van der Waals surface area contributed by atoms with Crippen LogP contribution in [0.3, 0.4) is 0 Å². The molecule has 1 aromatic rings. The Morgan fingerprint density at radius 3 is 2.26 bits per heavy atom. The normalized spacial score (nSPS) is 17.2. The number of benzene rings is 1. The number of anilines is 1. The minimum Gasteiger partial charge on any atom is -0.326 e. The molecule has 0 heterocycles. The Kier molecular flexibility index (Phi) is 4.35. The second kappa shape index (κ2) is 6.00. The van der Waals surface area contributed by atoms with Crippen LogP contribution in [0.15, 0.2) is 24.3 Å². The van der Waals surface area contributed by atoms with Gasteiger partial charge < -0.3 is 5.32 Å². The second-order valence-corrected chi connectivity index (χ2v) is 5.46. The third-order valence-corrected chi connectivity index (χ3v) is 4.08. The average molecular weight is 259 g/mol. The summed E-state index contributed by atoms with van der Waals surface area (Å²) in [6.07, 6.45) is 4.82. The monoisotopic (exact) mass is 259 g/mol. The molecule has 19 heavy (non-hydrogen) atoms. The molecule has 0 aliphatic heterocycles. The number of rotatable bonds is 4. The zero-order valence-electron chi connectivity index (χ0n) is 11.6. The number of nitrogens with one attached hydrogen (secondary N) is 1. The molecule has 3 nitrogen and oxygen atoms in total. The minimum absolute atomic E-state index is 0.0391. The molecule has 0 aromatic heterocycles. The van der Waals surface area contributed by atoms with E-state index in [-0.39, 0.29) is 17.6 Å². The van der Waals surface area contributed by atoms with E-state index in [1.165, 1.54) is 19.8 Å². The maximum atomic E-state index is 12.1. The number of ketones is 1. The number of amides is 1. The predicted molar refractivity (Wildman–Crippen MR) is 76.2 cm³/mol. The topological polar surface area (TPSA) is 46.2 Å². The van der Waals surface area contributed by atoms with Crippen molar-refractivity contribution in [1.29, 1.82) is 0 Å². The standard InChI is InChI=1S/C16H21NO2/c1-11(13-5-3-4-6-13)16(19)17-15-9-7-14(8-10-15)12(2)18/h7-11,13H,3-6H2,1-2H3,(H,17,19). The zero-order valence-corrected chi connectivity index (χ0v) is 11.6. The lowest BCUT2D eigenvalue weighted by molar-refractivity contribution is -0.120. The fourth-order valence-electron chi connectivity index (χ4n) is 2.72. The van der Waals surface area contributed by atoms with E-state index >= 15 is 0 Å². The fraction of sp³-hybridized carbons (Fsp3) is 0.500. The first-order valence-electron chi connectivity index (χ1n) is 7.00. The van der Waals surface area contributed by atoms with Crippen LogP contribution in [-0.4, -0.2) is 11.7 Å². The van der Waals surface area contributed by atoms with Crippen LogP contribution >= 0.6 is 0 Å². The number of Topliss-reactive ketones (excluding diaryl/α,β-unsaturated/α-hetero) is 1. The van der Waals surface area contributed by atoms with Crippen molar-refractivity contribution < 1.29 is 9.59 Å². The van der Waals surface area contributed by atoms with Gasteiger partial charge in [-0.1, -0.05) is 19.8 Å². The molecular weight excluding hydrogens is 238 g/mol. The molecule has 1 aliphatic rings. The maximum absolute atomic E-state index is 12.1. The highest BCUT2D eigenvalue weighted by molar-refractivity contribution is 5.96. The summed E-state index contributed by atoms with van der Waals surface area (Å²) in [6, 6.07) is 7.07. The van der Waals surface area contributed by atoms with Gasteiger partial charge in [0.25, 0.3) is 0 Å². The van der Waals surface area contributed by atoms with Crippen LogP contribution in [0.25, 0.3) is 0 Å². The Labute approximate surface area is 114 Å². The van der Waals surface area contributed by atoms with Crippen molar-refractivity contribution in [3.05, 3.63) is 29.8 Å². The Morgan fingerprint density at radius 2 is 1.74 bits per heavy atom. The first-order chi connectivity index (χ1) is 9.08. The predicted octanol–water partition coefficient (Wildman–Crippen LogP) is 3.65. The minimum atomic E-state index is 0.0391. The molecular formula is C16H21NO2. The van der Waals surface area contributed by atoms with Crippen molar-refractivity contribution in [1.82, 2.24) is 0 Å². The van der Waals surface area contributed by atoms with Gasteiger partial charge in [0.1, 0.15) is 0 Å². The van der Waals surface area contributed by atoms with Gasteiger partial charge in [0.15, 0.2) is 5.78 Å². The summed E-state index contributed by atoms with van der Waals surface area (Å²) in [5.74, 6) is 0.714. The summed E-state index contributed by atoms with van der Waals surface area (Å²) >= 11 is 0. The smallest absolute Gasteiger partial charge is 0.227 e. The molecule has 1 atom stereocenters. The molecule has 1 amide bonds. The lowest BCUT2D eigenvalue weighted by atomic mass is 9.92. The van der Waals surface area contributed by atoms with Crippen molar-refractivity contribution in [2.75, 3.05) is 5.32 Å². The Balaban J connectivity index is 1.96. The maximum Gasteiger partial charge on any atom is 0.227 e. The first kappa shape index (κ1) is 13.8. The molecule has 1 aromatic carbocycles. The molecule has 1 aliphatic carbocycles. The summed E-state index contributed by atoms with van der Waals surface area (Å²) in [5, 5.41) is 2.93. The molecule has 0 spiro atoms. The first-order valence-corrected chi connectivity index (χ1v) is 7.00. The molecule has 102 valence electrons. The summed E-state index contributed by atoms with van der Waals surface area (Å²) in [5.41, 5.74) is 1.43. The molecule has 1 saturated carbocycles. The molecule has 0 radical (unpaired) electrons. The van der Waals surface area contributed by atoms with Crippen LogP contribution in [0.5, 0.6) is 0 Å². The second-order valence-electron chi connectivity index (χ2n) is 5.46. The highest BCUT2D eigenvalue weighted by Gasteiger charge is 2.26. The van der Waals surface area contributed by atoms with Crippen LogP contribution < -0.4 is 5.32 Å². The summed E-state index contributed by atoms with van der Waals surface area (Å²) < 4.78 is 0. The van der Waals surface area contributed by atoms with E-state index in [1.54, 1.807) is 24.3 Å². The van der Waals surface area contributed by atoms with Crippen LogP contribution in [0.4, 0.5) is 5.69 Å². The van der Waals surface area contributed by atoms with Crippen LogP contribution in [-0.2, 0) is 4.79 Å². The van der Waals surface area contributed by atoms with Gasteiger partial charge in [-0.15, -0.1) is 0 Å². The van der Waals surface area contributed by atoms with Gasteiger partial charge in [-0.2, -0.15) is 0 Å². The number of carbonyl (C=O) groups is 2.